The summed E-state index contributed by atoms with van der Waals surface area (Å²) < 4.78 is 12.0. The highest BCUT2D eigenvalue weighted by molar-refractivity contribution is 5.72. The molecule has 2 aliphatic carbocycles. The highest BCUT2D eigenvalue weighted by Crippen LogP contribution is 2.62. The highest BCUT2D eigenvalue weighted by Gasteiger charge is 2.71. The van der Waals surface area contributed by atoms with Crippen LogP contribution in [0.1, 0.15) is 245 Å². The molecule has 0 aromatic heterocycles. The molecule has 0 aromatic rings. The number of hydrogen-bond acceptors (Lipinski definition) is 4. The largest absolute Gasteiger partial charge is 0.455 e. The Morgan fingerprint density at radius 3 is 0.739 bits per heavy atom. The normalized spacial score (nSPS) is 16.0. The number of esters is 2. The molecular formula is C42H78O4. The quantitative estimate of drug-likeness (QED) is 0.0508. The van der Waals surface area contributed by atoms with E-state index in [-0.39, 0.29) is 11.9 Å². The molecule has 0 bridgehead atoms. The first kappa shape index (κ1) is 41.1. The summed E-state index contributed by atoms with van der Waals surface area (Å²) in [6.45, 7) is 4.56. The van der Waals surface area contributed by atoms with Crippen molar-refractivity contribution in [3.63, 3.8) is 0 Å². The van der Waals surface area contributed by atoms with E-state index >= 15 is 0 Å². The molecule has 0 amide bonds. The topological polar surface area (TPSA) is 52.6 Å². The lowest BCUT2D eigenvalue weighted by Crippen LogP contribution is -2.39. The van der Waals surface area contributed by atoms with Crippen molar-refractivity contribution in [3.05, 3.63) is 0 Å². The Hall–Kier alpha value is -1.06. The van der Waals surface area contributed by atoms with Crippen molar-refractivity contribution in [2.75, 3.05) is 0 Å². The standard InChI is InChI=1S/C42H78O4/c1-3-5-7-9-11-13-15-17-19-21-23-25-27-29-31-33-39(43)45-41(35-36-41)42(37-38-42)46-40(44)34-32-30-28-26-24-22-20-18-16-14-12-10-8-6-4-2/h3-38H2,1-2H3. The van der Waals surface area contributed by atoms with Crippen LogP contribution in [0.4, 0.5) is 0 Å². The smallest absolute Gasteiger partial charge is 0.306 e. The van der Waals surface area contributed by atoms with Gasteiger partial charge in [0, 0.05) is 12.8 Å². The van der Waals surface area contributed by atoms with Gasteiger partial charge in [-0.2, -0.15) is 0 Å². The van der Waals surface area contributed by atoms with Crippen LogP contribution in [0.3, 0.4) is 0 Å². The average Bonchev–Trinajstić information content (AvgIpc) is 3.99. The van der Waals surface area contributed by atoms with Crippen LogP contribution in [0.15, 0.2) is 0 Å². The summed E-state index contributed by atoms with van der Waals surface area (Å²) in [6, 6.07) is 0. The number of unbranched alkanes of at least 4 members (excludes halogenated alkanes) is 28. The van der Waals surface area contributed by atoms with Crippen molar-refractivity contribution >= 4 is 11.9 Å². The fraction of sp³-hybridized carbons (Fsp3) is 0.952. The first-order valence-electron chi connectivity index (χ1n) is 21.0. The summed E-state index contributed by atoms with van der Waals surface area (Å²) in [5.41, 5.74) is -1.02. The molecule has 2 aliphatic rings. The van der Waals surface area contributed by atoms with E-state index < -0.39 is 11.2 Å². The predicted octanol–water partition coefficient (Wildman–Crippen LogP) is 13.7. The van der Waals surface area contributed by atoms with Crippen LogP contribution in [-0.4, -0.2) is 23.1 Å². The van der Waals surface area contributed by atoms with Gasteiger partial charge >= 0.3 is 11.9 Å². The molecular weight excluding hydrogens is 568 g/mol. The molecule has 0 saturated heterocycles. The number of carbonyl (C=O) groups excluding carboxylic acids is 2. The number of rotatable bonds is 35. The minimum Gasteiger partial charge on any atom is -0.455 e. The van der Waals surface area contributed by atoms with Crippen molar-refractivity contribution < 1.29 is 19.1 Å². The van der Waals surface area contributed by atoms with Crippen molar-refractivity contribution in [3.8, 4) is 0 Å². The SMILES string of the molecule is CCCCCCCCCCCCCCCCCC(=O)OC1(C2(OC(=O)CCCCCCCCCCCCCCCCC)CC2)CC1. The Morgan fingerprint density at radius 2 is 0.543 bits per heavy atom. The molecule has 4 nitrogen and oxygen atoms in total. The molecule has 0 N–H and O–H groups in total. The van der Waals surface area contributed by atoms with Crippen LogP contribution < -0.4 is 0 Å². The Bertz CT molecular complexity index is 676. The minimum atomic E-state index is -0.510. The molecule has 270 valence electrons. The zero-order chi connectivity index (χ0) is 33.0. The van der Waals surface area contributed by atoms with Crippen molar-refractivity contribution in [1.29, 1.82) is 0 Å². The zero-order valence-electron chi connectivity index (χ0n) is 31.1. The first-order valence-corrected chi connectivity index (χ1v) is 21.0. The second-order valence-electron chi connectivity index (χ2n) is 15.3. The van der Waals surface area contributed by atoms with Gasteiger partial charge in [0.15, 0.2) is 11.2 Å². The first-order chi connectivity index (χ1) is 22.6. The lowest BCUT2D eigenvalue weighted by Gasteiger charge is -2.27. The summed E-state index contributed by atoms with van der Waals surface area (Å²) in [6.07, 6.45) is 44.1. The Labute approximate surface area is 286 Å². The maximum absolute atomic E-state index is 12.7. The van der Waals surface area contributed by atoms with Crippen LogP contribution in [-0.2, 0) is 19.1 Å². The third-order valence-corrected chi connectivity index (χ3v) is 10.8. The van der Waals surface area contributed by atoms with Crippen LogP contribution in [0.25, 0.3) is 0 Å². The average molecular weight is 647 g/mol. The van der Waals surface area contributed by atoms with Gasteiger partial charge in [-0.1, -0.05) is 194 Å². The van der Waals surface area contributed by atoms with Crippen LogP contribution in [0.5, 0.6) is 0 Å². The molecule has 2 rings (SSSR count). The molecule has 0 spiro atoms. The molecule has 2 fully saturated rings. The van der Waals surface area contributed by atoms with E-state index in [4.69, 9.17) is 9.47 Å². The molecule has 4 heteroatoms. The minimum absolute atomic E-state index is 0.0862. The molecule has 0 aromatic carbocycles. The second kappa shape index (κ2) is 26.8. The summed E-state index contributed by atoms with van der Waals surface area (Å²) >= 11 is 0. The number of ether oxygens (including phenoxy) is 2. The molecule has 0 atom stereocenters. The van der Waals surface area contributed by atoms with Gasteiger partial charge in [0.05, 0.1) is 0 Å². The summed E-state index contributed by atoms with van der Waals surface area (Å²) in [5, 5.41) is 0. The van der Waals surface area contributed by atoms with Gasteiger partial charge in [0.2, 0.25) is 0 Å². The van der Waals surface area contributed by atoms with Crippen LogP contribution in [0, 0.1) is 0 Å². The zero-order valence-corrected chi connectivity index (χ0v) is 31.1. The Balaban J connectivity index is 1.38. The lowest BCUT2D eigenvalue weighted by molar-refractivity contribution is -0.176. The fourth-order valence-corrected chi connectivity index (χ4v) is 7.35. The van der Waals surface area contributed by atoms with Crippen molar-refractivity contribution in [1.82, 2.24) is 0 Å². The predicted molar refractivity (Wildman–Crippen MR) is 195 cm³/mol. The van der Waals surface area contributed by atoms with Gasteiger partial charge in [0.25, 0.3) is 0 Å². The lowest BCUT2D eigenvalue weighted by atomic mass is 10.0. The van der Waals surface area contributed by atoms with E-state index in [0.717, 1.165) is 51.4 Å². The molecule has 0 unspecified atom stereocenters. The third kappa shape index (κ3) is 19.7. The number of hydrogen-bond donors (Lipinski definition) is 0. The maximum atomic E-state index is 12.7. The Morgan fingerprint density at radius 1 is 0.348 bits per heavy atom. The van der Waals surface area contributed by atoms with E-state index in [2.05, 4.69) is 13.8 Å². The third-order valence-electron chi connectivity index (χ3n) is 10.8. The summed E-state index contributed by atoms with van der Waals surface area (Å²) in [5.74, 6) is -0.172. The van der Waals surface area contributed by atoms with Gasteiger partial charge in [-0.25, -0.2) is 0 Å². The number of carbonyl (C=O) groups is 2. The van der Waals surface area contributed by atoms with Crippen molar-refractivity contribution in [2.45, 2.75) is 256 Å². The van der Waals surface area contributed by atoms with Gasteiger partial charge in [0.1, 0.15) is 0 Å². The molecule has 0 aliphatic heterocycles. The van der Waals surface area contributed by atoms with E-state index in [0.29, 0.717) is 12.8 Å². The van der Waals surface area contributed by atoms with Gasteiger partial charge in [-0.05, 0) is 38.5 Å². The summed E-state index contributed by atoms with van der Waals surface area (Å²) in [7, 11) is 0. The van der Waals surface area contributed by atoms with Gasteiger partial charge < -0.3 is 9.47 Å². The molecule has 2 saturated carbocycles. The monoisotopic (exact) mass is 647 g/mol. The maximum Gasteiger partial charge on any atom is 0.306 e. The van der Waals surface area contributed by atoms with E-state index in [1.54, 1.807) is 0 Å². The van der Waals surface area contributed by atoms with E-state index in [1.165, 1.54) is 167 Å². The highest BCUT2D eigenvalue weighted by atomic mass is 16.6. The molecule has 0 heterocycles. The van der Waals surface area contributed by atoms with E-state index in [9.17, 15) is 9.59 Å². The molecule has 46 heavy (non-hydrogen) atoms. The van der Waals surface area contributed by atoms with Crippen LogP contribution in [0.2, 0.25) is 0 Å². The van der Waals surface area contributed by atoms with Gasteiger partial charge in [-0.15, -0.1) is 0 Å². The summed E-state index contributed by atoms with van der Waals surface area (Å²) in [4.78, 5) is 25.3. The van der Waals surface area contributed by atoms with Gasteiger partial charge in [-0.3, -0.25) is 9.59 Å². The van der Waals surface area contributed by atoms with Crippen molar-refractivity contribution in [2.24, 2.45) is 0 Å². The Kier molecular flexibility index (Phi) is 24.0. The van der Waals surface area contributed by atoms with Crippen LogP contribution >= 0.6 is 0 Å². The second-order valence-corrected chi connectivity index (χ2v) is 15.3. The fourth-order valence-electron chi connectivity index (χ4n) is 7.35. The molecule has 0 radical (unpaired) electrons. The van der Waals surface area contributed by atoms with E-state index in [1.807, 2.05) is 0 Å².